The third-order valence-corrected chi connectivity index (χ3v) is 3.72. The molecule has 0 bridgehead atoms. The molecular formula is C12H16BrN. The Kier molecular flexibility index (Phi) is 2.67. The number of aryl methyl sites for hydroxylation is 1. The van der Waals surface area contributed by atoms with Gasteiger partial charge in [0.05, 0.1) is 0 Å². The molecule has 0 aliphatic heterocycles. The average molecular weight is 254 g/mol. The van der Waals surface area contributed by atoms with E-state index in [2.05, 4.69) is 41.1 Å². The van der Waals surface area contributed by atoms with Crippen molar-refractivity contribution in [2.75, 3.05) is 0 Å². The van der Waals surface area contributed by atoms with Crippen LogP contribution in [-0.2, 0) is 12.0 Å². The minimum Gasteiger partial charge on any atom is -0.321 e. The maximum Gasteiger partial charge on any atom is 0.0412 e. The van der Waals surface area contributed by atoms with E-state index < -0.39 is 0 Å². The Bertz CT molecular complexity index is 342. The summed E-state index contributed by atoms with van der Waals surface area (Å²) in [6.45, 7) is 2.19. The van der Waals surface area contributed by atoms with Gasteiger partial charge in [-0.25, -0.2) is 0 Å². The van der Waals surface area contributed by atoms with E-state index in [9.17, 15) is 0 Å². The van der Waals surface area contributed by atoms with Crippen LogP contribution in [0.1, 0.15) is 37.3 Å². The van der Waals surface area contributed by atoms with Gasteiger partial charge in [0.15, 0.2) is 0 Å². The maximum absolute atomic E-state index is 6.34. The number of benzene rings is 1. The van der Waals surface area contributed by atoms with Crippen molar-refractivity contribution in [2.24, 2.45) is 5.73 Å². The van der Waals surface area contributed by atoms with Crippen molar-refractivity contribution in [1.29, 1.82) is 0 Å². The van der Waals surface area contributed by atoms with Gasteiger partial charge in [-0.05, 0) is 48.9 Å². The summed E-state index contributed by atoms with van der Waals surface area (Å²) in [6.07, 6.45) is 4.62. The molecule has 0 atom stereocenters. The van der Waals surface area contributed by atoms with Crippen LogP contribution in [0, 0.1) is 0 Å². The lowest BCUT2D eigenvalue weighted by Gasteiger charge is -2.40. The summed E-state index contributed by atoms with van der Waals surface area (Å²) in [7, 11) is 0. The van der Waals surface area contributed by atoms with Crippen molar-refractivity contribution in [3.8, 4) is 0 Å². The molecule has 0 saturated heterocycles. The largest absolute Gasteiger partial charge is 0.321 e. The molecule has 1 saturated carbocycles. The van der Waals surface area contributed by atoms with E-state index in [4.69, 9.17) is 5.73 Å². The number of hydrogen-bond donors (Lipinski definition) is 1. The molecule has 14 heavy (non-hydrogen) atoms. The highest BCUT2D eigenvalue weighted by molar-refractivity contribution is 9.10. The van der Waals surface area contributed by atoms with Crippen LogP contribution in [-0.4, -0.2) is 0 Å². The highest BCUT2D eigenvalue weighted by Crippen LogP contribution is 2.40. The first kappa shape index (κ1) is 10.2. The Hall–Kier alpha value is -0.340. The van der Waals surface area contributed by atoms with Gasteiger partial charge in [0, 0.05) is 10.0 Å². The first-order valence-corrected chi connectivity index (χ1v) is 6.03. The van der Waals surface area contributed by atoms with Gasteiger partial charge in [0.1, 0.15) is 0 Å². The van der Waals surface area contributed by atoms with Gasteiger partial charge in [0.2, 0.25) is 0 Å². The van der Waals surface area contributed by atoms with Gasteiger partial charge >= 0.3 is 0 Å². The summed E-state index contributed by atoms with van der Waals surface area (Å²) in [5.41, 5.74) is 9.06. The number of rotatable bonds is 2. The minimum atomic E-state index is -0.0218. The Labute approximate surface area is 93.8 Å². The molecule has 1 fully saturated rings. The zero-order chi connectivity index (χ0) is 10.2. The molecule has 1 aliphatic rings. The highest BCUT2D eigenvalue weighted by atomic mass is 79.9. The van der Waals surface area contributed by atoms with E-state index >= 15 is 0 Å². The molecule has 2 heteroatoms. The smallest absolute Gasteiger partial charge is 0.0412 e. The number of halogens is 1. The molecule has 0 heterocycles. The van der Waals surface area contributed by atoms with Gasteiger partial charge in [-0.15, -0.1) is 0 Å². The van der Waals surface area contributed by atoms with Gasteiger partial charge < -0.3 is 5.73 Å². The lowest BCUT2D eigenvalue weighted by atomic mass is 9.71. The van der Waals surface area contributed by atoms with Gasteiger partial charge in [-0.1, -0.05) is 28.9 Å². The molecule has 0 radical (unpaired) electrons. The summed E-state index contributed by atoms with van der Waals surface area (Å²) in [4.78, 5) is 0. The van der Waals surface area contributed by atoms with E-state index in [1.807, 2.05) is 0 Å². The molecule has 1 aromatic rings. The lowest BCUT2D eigenvalue weighted by Crippen LogP contribution is -2.44. The average Bonchev–Trinajstić information content (AvgIpc) is 2.14. The molecule has 2 N–H and O–H groups in total. The van der Waals surface area contributed by atoms with Crippen molar-refractivity contribution in [1.82, 2.24) is 0 Å². The molecule has 0 aromatic heterocycles. The highest BCUT2D eigenvalue weighted by Gasteiger charge is 2.35. The summed E-state index contributed by atoms with van der Waals surface area (Å²) in [5, 5.41) is 0. The van der Waals surface area contributed by atoms with Crippen molar-refractivity contribution >= 4 is 15.9 Å². The Morgan fingerprint density at radius 3 is 2.64 bits per heavy atom. The summed E-state index contributed by atoms with van der Waals surface area (Å²) in [5.74, 6) is 0. The fourth-order valence-electron chi connectivity index (χ4n) is 2.17. The van der Waals surface area contributed by atoms with Crippen LogP contribution in [0.2, 0.25) is 0 Å². The van der Waals surface area contributed by atoms with Crippen LogP contribution in [0.5, 0.6) is 0 Å². The van der Waals surface area contributed by atoms with Crippen molar-refractivity contribution < 1.29 is 0 Å². The van der Waals surface area contributed by atoms with E-state index in [1.54, 1.807) is 0 Å². The van der Waals surface area contributed by atoms with Crippen molar-refractivity contribution in [2.45, 2.75) is 38.1 Å². The second-order valence-corrected chi connectivity index (χ2v) is 5.08. The SMILES string of the molecule is CCc1cc(Br)ccc1C1(N)CCC1. The first-order chi connectivity index (χ1) is 6.65. The Balaban J connectivity index is 2.41. The predicted octanol–water partition coefficient (Wildman–Crippen LogP) is 3.35. The number of hydrogen-bond acceptors (Lipinski definition) is 1. The van der Waals surface area contributed by atoms with E-state index in [1.165, 1.54) is 17.5 Å². The zero-order valence-electron chi connectivity index (χ0n) is 8.52. The Morgan fingerprint density at radius 2 is 2.14 bits per heavy atom. The third kappa shape index (κ3) is 1.61. The summed E-state index contributed by atoms with van der Waals surface area (Å²) >= 11 is 3.50. The van der Waals surface area contributed by atoms with Gasteiger partial charge in [-0.3, -0.25) is 0 Å². The van der Waals surface area contributed by atoms with Crippen LogP contribution < -0.4 is 5.73 Å². The molecule has 1 aromatic carbocycles. The van der Waals surface area contributed by atoms with Crippen LogP contribution in [0.25, 0.3) is 0 Å². The molecule has 0 amide bonds. The van der Waals surface area contributed by atoms with Gasteiger partial charge in [0.25, 0.3) is 0 Å². The van der Waals surface area contributed by atoms with Crippen molar-refractivity contribution in [3.05, 3.63) is 33.8 Å². The molecule has 0 spiro atoms. The third-order valence-electron chi connectivity index (χ3n) is 3.23. The molecule has 1 aliphatic carbocycles. The van der Waals surface area contributed by atoms with Crippen LogP contribution in [0.15, 0.2) is 22.7 Å². The minimum absolute atomic E-state index is 0.0218. The maximum atomic E-state index is 6.34. The van der Waals surface area contributed by atoms with Crippen LogP contribution in [0.4, 0.5) is 0 Å². The second-order valence-electron chi connectivity index (χ2n) is 4.16. The zero-order valence-corrected chi connectivity index (χ0v) is 10.1. The van der Waals surface area contributed by atoms with E-state index in [0.29, 0.717) is 0 Å². The second kappa shape index (κ2) is 3.67. The molecule has 2 rings (SSSR count). The lowest BCUT2D eigenvalue weighted by molar-refractivity contribution is 0.252. The summed E-state index contributed by atoms with van der Waals surface area (Å²) in [6, 6.07) is 6.48. The first-order valence-electron chi connectivity index (χ1n) is 5.23. The van der Waals surface area contributed by atoms with Crippen LogP contribution >= 0.6 is 15.9 Å². The fourth-order valence-corrected chi connectivity index (χ4v) is 2.58. The van der Waals surface area contributed by atoms with Gasteiger partial charge in [-0.2, -0.15) is 0 Å². The quantitative estimate of drug-likeness (QED) is 0.860. The normalized spacial score (nSPS) is 19.1. The monoisotopic (exact) mass is 253 g/mol. The van der Waals surface area contributed by atoms with E-state index in [-0.39, 0.29) is 5.54 Å². The standard InChI is InChI=1S/C12H16BrN/c1-2-9-8-10(13)4-5-11(9)12(14)6-3-7-12/h4-5,8H,2-3,6-7,14H2,1H3. The fraction of sp³-hybridized carbons (Fsp3) is 0.500. The molecule has 1 nitrogen and oxygen atoms in total. The predicted molar refractivity (Wildman–Crippen MR) is 63.2 cm³/mol. The number of nitrogens with two attached hydrogens (primary N) is 1. The molecule has 76 valence electrons. The topological polar surface area (TPSA) is 26.0 Å². The van der Waals surface area contributed by atoms with E-state index in [0.717, 1.165) is 23.7 Å². The Morgan fingerprint density at radius 1 is 1.43 bits per heavy atom. The van der Waals surface area contributed by atoms with Crippen molar-refractivity contribution in [3.63, 3.8) is 0 Å². The summed E-state index contributed by atoms with van der Waals surface area (Å²) < 4.78 is 1.15. The molecule has 0 unspecified atom stereocenters. The molecular weight excluding hydrogens is 238 g/mol. The van der Waals surface area contributed by atoms with Crippen LogP contribution in [0.3, 0.4) is 0 Å².